The van der Waals surface area contributed by atoms with Crippen LogP contribution in [0.4, 0.5) is 0 Å². The van der Waals surface area contributed by atoms with Crippen molar-refractivity contribution in [3.05, 3.63) is 29.8 Å². The zero-order valence-electron chi connectivity index (χ0n) is 11.5. The van der Waals surface area contributed by atoms with E-state index in [0.717, 1.165) is 0 Å². The van der Waals surface area contributed by atoms with Gasteiger partial charge in [-0.2, -0.15) is 0 Å². The number of benzene rings is 1. The monoisotopic (exact) mass is 268 g/mol. The maximum Gasteiger partial charge on any atom is 0.337 e. The first-order valence-corrected chi connectivity index (χ1v) is 6.25. The lowest BCUT2D eigenvalue weighted by Gasteiger charge is -2.17. The van der Waals surface area contributed by atoms with E-state index in [9.17, 15) is 4.79 Å². The average Bonchev–Trinajstić information content (AvgIpc) is 2.45. The van der Waals surface area contributed by atoms with Crippen molar-refractivity contribution in [1.29, 1.82) is 0 Å². The van der Waals surface area contributed by atoms with E-state index in [1.807, 2.05) is 13.8 Å². The number of methoxy groups -OCH3 is 1. The van der Waals surface area contributed by atoms with Crippen molar-refractivity contribution in [1.82, 2.24) is 0 Å². The third-order valence-electron chi connectivity index (χ3n) is 2.37. The van der Waals surface area contributed by atoms with Gasteiger partial charge in [-0.05, 0) is 38.1 Å². The zero-order chi connectivity index (χ0) is 14.1. The molecule has 0 N–H and O–H groups in total. The molecule has 5 nitrogen and oxygen atoms in total. The fraction of sp³-hybridized carbons (Fsp3) is 0.500. The van der Waals surface area contributed by atoms with E-state index < -0.39 is 0 Å². The summed E-state index contributed by atoms with van der Waals surface area (Å²) in [6.45, 7) is 5.23. The second kappa shape index (κ2) is 8.50. The van der Waals surface area contributed by atoms with Gasteiger partial charge in [-0.15, -0.1) is 0 Å². The van der Waals surface area contributed by atoms with E-state index in [0.29, 0.717) is 31.1 Å². The number of carbonyl (C=O) groups is 1. The average molecular weight is 268 g/mol. The Morgan fingerprint density at radius 2 is 1.68 bits per heavy atom. The van der Waals surface area contributed by atoms with Crippen LogP contribution >= 0.6 is 0 Å². The van der Waals surface area contributed by atoms with E-state index in [1.54, 1.807) is 24.3 Å². The molecule has 0 saturated heterocycles. The fourth-order valence-electron chi connectivity index (χ4n) is 1.49. The minimum Gasteiger partial charge on any atom is -0.488 e. The topological polar surface area (TPSA) is 54.0 Å². The normalized spacial score (nSPS) is 10.5. The highest BCUT2D eigenvalue weighted by molar-refractivity contribution is 5.89. The Morgan fingerprint density at radius 3 is 2.16 bits per heavy atom. The quantitative estimate of drug-likeness (QED) is 0.534. The fourth-order valence-corrected chi connectivity index (χ4v) is 1.49. The highest BCUT2D eigenvalue weighted by Crippen LogP contribution is 2.13. The summed E-state index contributed by atoms with van der Waals surface area (Å²) in [6, 6.07) is 6.72. The van der Waals surface area contributed by atoms with Gasteiger partial charge in [-0.1, -0.05) is 0 Å². The summed E-state index contributed by atoms with van der Waals surface area (Å²) < 4.78 is 20.9. The molecular weight excluding hydrogens is 248 g/mol. The van der Waals surface area contributed by atoms with E-state index in [-0.39, 0.29) is 12.3 Å². The summed E-state index contributed by atoms with van der Waals surface area (Å²) in [5.41, 5.74) is 0.487. The second-order valence-corrected chi connectivity index (χ2v) is 3.67. The summed E-state index contributed by atoms with van der Waals surface area (Å²) in [6.07, 6.45) is -0.379. The molecule has 0 bridgehead atoms. The number of rotatable bonds is 8. The summed E-state index contributed by atoms with van der Waals surface area (Å²) >= 11 is 0. The zero-order valence-corrected chi connectivity index (χ0v) is 11.5. The molecule has 0 spiro atoms. The molecule has 1 aromatic rings. The van der Waals surface area contributed by atoms with Crippen LogP contribution in [0.15, 0.2) is 24.3 Å². The molecule has 0 atom stereocenters. The van der Waals surface area contributed by atoms with Crippen LogP contribution in [0, 0.1) is 0 Å². The van der Waals surface area contributed by atoms with E-state index in [1.165, 1.54) is 7.11 Å². The van der Waals surface area contributed by atoms with E-state index >= 15 is 0 Å². The molecule has 106 valence electrons. The standard InChI is InChI=1S/C14H20O5/c1-4-17-13(18-5-2)10-19-12-8-6-11(7-9-12)14(15)16-3/h6-9,13H,4-5,10H2,1-3H3. The van der Waals surface area contributed by atoms with Gasteiger partial charge in [0.15, 0.2) is 6.29 Å². The lowest BCUT2D eigenvalue weighted by molar-refractivity contribution is -0.152. The molecule has 19 heavy (non-hydrogen) atoms. The van der Waals surface area contributed by atoms with Crippen molar-refractivity contribution in [2.24, 2.45) is 0 Å². The maximum absolute atomic E-state index is 11.3. The largest absolute Gasteiger partial charge is 0.488 e. The summed E-state index contributed by atoms with van der Waals surface area (Å²) in [5.74, 6) is 0.283. The Kier molecular flexibility index (Phi) is 6.92. The van der Waals surface area contributed by atoms with Crippen molar-refractivity contribution in [2.45, 2.75) is 20.1 Å². The van der Waals surface area contributed by atoms with Gasteiger partial charge in [0.05, 0.1) is 12.7 Å². The predicted molar refractivity (Wildman–Crippen MR) is 70.3 cm³/mol. The van der Waals surface area contributed by atoms with Gasteiger partial charge in [0.2, 0.25) is 0 Å². The highest BCUT2D eigenvalue weighted by Gasteiger charge is 2.09. The smallest absolute Gasteiger partial charge is 0.337 e. The first kappa shape index (κ1) is 15.5. The number of hydrogen-bond acceptors (Lipinski definition) is 5. The van der Waals surface area contributed by atoms with Gasteiger partial charge >= 0.3 is 5.97 Å². The molecule has 0 amide bonds. The van der Waals surface area contributed by atoms with Gasteiger partial charge in [0, 0.05) is 13.2 Å². The van der Waals surface area contributed by atoms with Crippen molar-refractivity contribution < 1.29 is 23.7 Å². The first-order valence-electron chi connectivity index (χ1n) is 6.25. The van der Waals surface area contributed by atoms with Crippen LogP contribution in [0.3, 0.4) is 0 Å². The molecule has 0 fully saturated rings. The van der Waals surface area contributed by atoms with Crippen molar-refractivity contribution in [3.63, 3.8) is 0 Å². The van der Waals surface area contributed by atoms with Gasteiger partial charge in [-0.25, -0.2) is 4.79 Å². The summed E-state index contributed by atoms with van der Waals surface area (Å²) in [4.78, 5) is 11.3. The van der Waals surface area contributed by atoms with Crippen molar-refractivity contribution in [2.75, 3.05) is 26.9 Å². The maximum atomic E-state index is 11.3. The van der Waals surface area contributed by atoms with Gasteiger partial charge < -0.3 is 18.9 Å². The van der Waals surface area contributed by atoms with Crippen molar-refractivity contribution >= 4 is 5.97 Å². The molecule has 1 aromatic carbocycles. The minimum absolute atomic E-state index is 0.305. The van der Waals surface area contributed by atoms with Crippen LogP contribution in [-0.4, -0.2) is 39.2 Å². The first-order chi connectivity index (χ1) is 9.21. The van der Waals surface area contributed by atoms with Crippen LogP contribution < -0.4 is 4.74 Å². The van der Waals surface area contributed by atoms with Crippen LogP contribution in [0.2, 0.25) is 0 Å². The summed E-state index contributed by atoms with van der Waals surface area (Å²) in [5, 5.41) is 0. The Bertz CT molecular complexity index is 368. The molecule has 0 unspecified atom stereocenters. The molecule has 0 aliphatic carbocycles. The molecule has 0 heterocycles. The minimum atomic E-state index is -0.379. The van der Waals surface area contributed by atoms with E-state index in [4.69, 9.17) is 14.2 Å². The number of esters is 1. The molecule has 0 aliphatic rings. The van der Waals surface area contributed by atoms with Gasteiger partial charge in [0.1, 0.15) is 12.4 Å². The Labute approximate surface area is 113 Å². The number of ether oxygens (including phenoxy) is 4. The molecular formula is C14H20O5. The molecule has 0 radical (unpaired) electrons. The summed E-state index contributed by atoms with van der Waals surface area (Å²) in [7, 11) is 1.35. The highest BCUT2D eigenvalue weighted by atomic mass is 16.7. The predicted octanol–water partition coefficient (Wildman–Crippen LogP) is 2.25. The van der Waals surface area contributed by atoms with Crippen LogP contribution in [0.25, 0.3) is 0 Å². The van der Waals surface area contributed by atoms with Gasteiger partial charge in [-0.3, -0.25) is 0 Å². The Hall–Kier alpha value is -1.59. The Balaban J connectivity index is 2.50. The molecule has 1 rings (SSSR count). The molecule has 0 aromatic heterocycles. The SMILES string of the molecule is CCOC(COc1ccc(C(=O)OC)cc1)OCC. The number of hydrogen-bond donors (Lipinski definition) is 0. The van der Waals surface area contributed by atoms with Crippen LogP contribution in [0.5, 0.6) is 5.75 Å². The number of carbonyl (C=O) groups excluding carboxylic acids is 1. The molecule has 5 heteroatoms. The van der Waals surface area contributed by atoms with Crippen LogP contribution in [-0.2, 0) is 14.2 Å². The third-order valence-corrected chi connectivity index (χ3v) is 2.37. The van der Waals surface area contributed by atoms with Gasteiger partial charge in [0.25, 0.3) is 0 Å². The molecule has 0 aliphatic heterocycles. The molecule has 0 saturated carbocycles. The van der Waals surface area contributed by atoms with Crippen LogP contribution in [0.1, 0.15) is 24.2 Å². The lowest BCUT2D eigenvalue weighted by Crippen LogP contribution is -2.25. The lowest BCUT2D eigenvalue weighted by atomic mass is 10.2. The van der Waals surface area contributed by atoms with Crippen molar-refractivity contribution in [3.8, 4) is 5.75 Å². The third kappa shape index (κ3) is 5.28. The van der Waals surface area contributed by atoms with E-state index in [2.05, 4.69) is 4.74 Å². The second-order valence-electron chi connectivity index (χ2n) is 3.67. The Morgan fingerprint density at radius 1 is 1.11 bits per heavy atom.